The first-order chi connectivity index (χ1) is 5.58. The molecule has 1 rings (SSSR count). The Morgan fingerprint density at radius 3 is 2.67 bits per heavy atom. The Balaban J connectivity index is 3.10. The Kier molecular flexibility index (Phi) is 2.79. The first-order valence-corrected chi connectivity index (χ1v) is 4.62. The standard InChI is InChI=1S/C11H14Cl/c1-4-11(2,3)9-7-5-6-8-10(9)12/h5-7H,4H2,1-3H3. The van der Waals surface area contributed by atoms with Crippen molar-refractivity contribution in [3.63, 3.8) is 0 Å². The van der Waals surface area contributed by atoms with Crippen LogP contribution < -0.4 is 0 Å². The van der Waals surface area contributed by atoms with Crippen LogP contribution >= 0.6 is 11.6 Å². The van der Waals surface area contributed by atoms with Crippen LogP contribution in [-0.4, -0.2) is 0 Å². The second-order valence-corrected chi connectivity index (χ2v) is 4.01. The van der Waals surface area contributed by atoms with E-state index >= 15 is 0 Å². The molecule has 0 spiro atoms. The summed E-state index contributed by atoms with van der Waals surface area (Å²) in [4.78, 5) is 0. The molecule has 12 heavy (non-hydrogen) atoms. The Bertz CT molecular complexity index is 263. The Labute approximate surface area is 79.6 Å². The van der Waals surface area contributed by atoms with Crippen molar-refractivity contribution in [1.29, 1.82) is 0 Å². The first-order valence-electron chi connectivity index (χ1n) is 4.24. The third-order valence-electron chi connectivity index (χ3n) is 2.42. The molecule has 1 radical (unpaired) electrons. The molecule has 0 nitrogen and oxygen atoms in total. The van der Waals surface area contributed by atoms with E-state index in [1.807, 2.05) is 12.1 Å². The molecule has 1 heteroatoms. The first kappa shape index (κ1) is 9.60. The molecule has 0 aliphatic carbocycles. The Morgan fingerprint density at radius 1 is 1.50 bits per heavy atom. The molecule has 0 saturated heterocycles. The molecule has 0 atom stereocenters. The van der Waals surface area contributed by atoms with Gasteiger partial charge in [-0.1, -0.05) is 50.6 Å². The van der Waals surface area contributed by atoms with Gasteiger partial charge in [0.05, 0.1) is 5.02 Å². The molecular weight excluding hydrogens is 168 g/mol. The van der Waals surface area contributed by atoms with E-state index in [2.05, 4.69) is 32.9 Å². The molecule has 0 amide bonds. The predicted molar refractivity (Wildman–Crippen MR) is 53.6 cm³/mol. The van der Waals surface area contributed by atoms with Crippen molar-refractivity contribution in [2.24, 2.45) is 0 Å². The van der Waals surface area contributed by atoms with Crippen molar-refractivity contribution in [2.45, 2.75) is 32.6 Å². The van der Waals surface area contributed by atoms with Gasteiger partial charge in [0.2, 0.25) is 0 Å². The fourth-order valence-electron chi connectivity index (χ4n) is 1.13. The maximum Gasteiger partial charge on any atom is 0.0522 e. The zero-order valence-electron chi connectivity index (χ0n) is 7.82. The van der Waals surface area contributed by atoms with Crippen molar-refractivity contribution < 1.29 is 0 Å². The highest BCUT2D eigenvalue weighted by Crippen LogP contribution is 2.31. The summed E-state index contributed by atoms with van der Waals surface area (Å²) in [6.45, 7) is 6.56. The average Bonchev–Trinajstić information content (AvgIpc) is 2.05. The van der Waals surface area contributed by atoms with Crippen LogP contribution in [0.4, 0.5) is 0 Å². The van der Waals surface area contributed by atoms with Gasteiger partial charge in [-0.15, -0.1) is 0 Å². The SMILES string of the molecule is CCC(C)(C)c1ccc[c]c1Cl. The Morgan fingerprint density at radius 2 is 2.17 bits per heavy atom. The molecule has 0 N–H and O–H groups in total. The normalized spacial score (nSPS) is 11.7. The maximum atomic E-state index is 6.03. The number of benzene rings is 1. The third-order valence-corrected chi connectivity index (χ3v) is 2.73. The number of hydrogen-bond acceptors (Lipinski definition) is 0. The summed E-state index contributed by atoms with van der Waals surface area (Å²) in [6, 6.07) is 8.91. The molecule has 0 unspecified atom stereocenters. The zero-order chi connectivity index (χ0) is 9.19. The van der Waals surface area contributed by atoms with Gasteiger partial charge in [0.25, 0.3) is 0 Å². The highest BCUT2D eigenvalue weighted by atomic mass is 35.5. The zero-order valence-corrected chi connectivity index (χ0v) is 8.57. The molecule has 0 bridgehead atoms. The molecule has 0 saturated carbocycles. The van der Waals surface area contributed by atoms with E-state index in [9.17, 15) is 0 Å². The molecule has 0 aliphatic heterocycles. The highest BCUT2D eigenvalue weighted by Gasteiger charge is 2.20. The van der Waals surface area contributed by atoms with Gasteiger partial charge in [0, 0.05) is 6.07 Å². The van der Waals surface area contributed by atoms with Crippen molar-refractivity contribution in [1.82, 2.24) is 0 Å². The molecule has 0 fully saturated rings. The van der Waals surface area contributed by atoms with E-state index in [0.29, 0.717) is 0 Å². The van der Waals surface area contributed by atoms with Gasteiger partial charge in [0.1, 0.15) is 0 Å². The summed E-state index contributed by atoms with van der Waals surface area (Å²) >= 11 is 6.03. The molecule has 0 aliphatic rings. The average molecular weight is 182 g/mol. The highest BCUT2D eigenvalue weighted by molar-refractivity contribution is 6.31. The van der Waals surface area contributed by atoms with E-state index in [0.717, 1.165) is 11.4 Å². The third kappa shape index (κ3) is 1.81. The van der Waals surface area contributed by atoms with Gasteiger partial charge >= 0.3 is 0 Å². The Hall–Kier alpha value is -0.490. The fraction of sp³-hybridized carbons (Fsp3) is 0.455. The summed E-state index contributed by atoms with van der Waals surface area (Å²) in [6.07, 6.45) is 1.09. The van der Waals surface area contributed by atoms with E-state index in [1.165, 1.54) is 5.56 Å². The summed E-state index contributed by atoms with van der Waals surface area (Å²) < 4.78 is 0. The second kappa shape index (κ2) is 3.49. The minimum Gasteiger partial charge on any atom is -0.0833 e. The lowest BCUT2D eigenvalue weighted by atomic mass is 9.82. The van der Waals surface area contributed by atoms with Crippen molar-refractivity contribution in [3.8, 4) is 0 Å². The number of halogens is 1. The van der Waals surface area contributed by atoms with E-state index in [4.69, 9.17) is 11.6 Å². The van der Waals surface area contributed by atoms with E-state index in [-0.39, 0.29) is 5.41 Å². The van der Waals surface area contributed by atoms with Crippen molar-refractivity contribution in [2.75, 3.05) is 0 Å². The van der Waals surface area contributed by atoms with Crippen molar-refractivity contribution >= 4 is 11.6 Å². The van der Waals surface area contributed by atoms with Gasteiger partial charge in [-0.2, -0.15) is 0 Å². The fourth-order valence-corrected chi connectivity index (χ4v) is 1.51. The lowest BCUT2D eigenvalue weighted by molar-refractivity contribution is 0.506. The van der Waals surface area contributed by atoms with Crippen LogP contribution in [0, 0.1) is 6.07 Å². The maximum absolute atomic E-state index is 6.03. The van der Waals surface area contributed by atoms with Crippen LogP contribution in [0.15, 0.2) is 18.2 Å². The van der Waals surface area contributed by atoms with Gasteiger partial charge in [0.15, 0.2) is 0 Å². The molecule has 0 heterocycles. The van der Waals surface area contributed by atoms with Crippen LogP contribution in [0.5, 0.6) is 0 Å². The summed E-state index contributed by atoms with van der Waals surface area (Å²) in [5.74, 6) is 0. The minimum atomic E-state index is 0.162. The van der Waals surface area contributed by atoms with Crippen LogP contribution in [0.1, 0.15) is 32.8 Å². The molecule has 1 aromatic carbocycles. The van der Waals surface area contributed by atoms with E-state index < -0.39 is 0 Å². The van der Waals surface area contributed by atoms with E-state index in [1.54, 1.807) is 0 Å². The van der Waals surface area contributed by atoms with Crippen LogP contribution in [0.2, 0.25) is 5.02 Å². The largest absolute Gasteiger partial charge is 0.0833 e. The van der Waals surface area contributed by atoms with Crippen LogP contribution in [-0.2, 0) is 5.41 Å². The molecule has 1 aromatic rings. The summed E-state index contributed by atoms with van der Waals surface area (Å²) in [7, 11) is 0. The number of rotatable bonds is 2. The summed E-state index contributed by atoms with van der Waals surface area (Å²) in [5.41, 5.74) is 1.35. The van der Waals surface area contributed by atoms with Gasteiger partial charge < -0.3 is 0 Å². The van der Waals surface area contributed by atoms with Crippen LogP contribution in [0.3, 0.4) is 0 Å². The van der Waals surface area contributed by atoms with Gasteiger partial charge in [-0.05, 0) is 17.4 Å². The predicted octanol–water partition coefficient (Wildman–Crippen LogP) is 3.83. The molecular formula is C11H14Cl. The molecule has 65 valence electrons. The topological polar surface area (TPSA) is 0 Å². The smallest absolute Gasteiger partial charge is 0.0522 e. The molecule has 0 aromatic heterocycles. The second-order valence-electron chi connectivity index (χ2n) is 3.64. The quantitative estimate of drug-likeness (QED) is 0.651. The van der Waals surface area contributed by atoms with Crippen molar-refractivity contribution in [3.05, 3.63) is 34.9 Å². The minimum absolute atomic E-state index is 0.162. The monoisotopic (exact) mass is 181 g/mol. The summed E-state index contributed by atoms with van der Waals surface area (Å²) in [5, 5.41) is 0.754. The lowest BCUT2D eigenvalue weighted by Gasteiger charge is -2.24. The van der Waals surface area contributed by atoms with Gasteiger partial charge in [-0.3, -0.25) is 0 Å². The number of hydrogen-bond donors (Lipinski definition) is 0. The van der Waals surface area contributed by atoms with Crippen LogP contribution in [0.25, 0.3) is 0 Å². The lowest BCUT2D eigenvalue weighted by Crippen LogP contribution is -2.15. The van der Waals surface area contributed by atoms with Gasteiger partial charge in [-0.25, -0.2) is 0 Å².